The second-order valence-corrected chi connectivity index (χ2v) is 2.40. The van der Waals surface area contributed by atoms with Crippen LogP contribution in [-0.2, 0) is 11.2 Å². The number of carbonyl (C=O) groups is 1. The molecule has 0 saturated heterocycles. The summed E-state index contributed by atoms with van der Waals surface area (Å²) >= 11 is 0. The van der Waals surface area contributed by atoms with Crippen molar-refractivity contribution in [2.45, 2.75) is 26.7 Å². The Hall–Kier alpha value is -1.32. The predicted molar refractivity (Wildman–Crippen MR) is 43.9 cm³/mol. The number of aromatic nitrogens is 2. The van der Waals surface area contributed by atoms with Gasteiger partial charge in [0.15, 0.2) is 0 Å². The number of ether oxygens (including phenoxy) is 1. The molecule has 0 unspecified atom stereocenters. The lowest BCUT2D eigenvalue weighted by Crippen LogP contribution is -2.05. The van der Waals surface area contributed by atoms with Crippen molar-refractivity contribution in [2.24, 2.45) is 0 Å². The molecule has 1 aromatic rings. The maximum atomic E-state index is 10.8. The number of hydrogen-bond donors (Lipinski definition) is 1. The van der Waals surface area contributed by atoms with Crippen LogP contribution >= 0.6 is 0 Å². The molecule has 1 heterocycles. The Kier molecular flexibility index (Phi) is 2.85. The van der Waals surface area contributed by atoms with Crippen molar-refractivity contribution in [3.8, 4) is 5.88 Å². The fraction of sp³-hybridized carbons (Fsp3) is 0.500. The number of hydrogen-bond acceptors (Lipinski definition) is 3. The average Bonchev–Trinajstić information content (AvgIpc) is 2.52. The van der Waals surface area contributed by atoms with Gasteiger partial charge in [0, 0.05) is 12.5 Å². The van der Waals surface area contributed by atoms with E-state index in [9.17, 15) is 4.79 Å². The molecule has 0 bridgehead atoms. The summed E-state index contributed by atoms with van der Waals surface area (Å²) < 4.78 is 4.89. The molecule has 4 nitrogen and oxygen atoms in total. The molecule has 1 aromatic heterocycles. The van der Waals surface area contributed by atoms with E-state index in [1.54, 1.807) is 13.0 Å². The van der Waals surface area contributed by atoms with E-state index >= 15 is 0 Å². The summed E-state index contributed by atoms with van der Waals surface area (Å²) in [7, 11) is 0. The third-order valence-electron chi connectivity index (χ3n) is 1.48. The smallest absolute Gasteiger partial charge is 0.312 e. The first-order valence-electron chi connectivity index (χ1n) is 4.01. The van der Waals surface area contributed by atoms with Gasteiger partial charge in [0.2, 0.25) is 5.88 Å². The van der Waals surface area contributed by atoms with Gasteiger partial charge < -0.3 is 4.74 Å². The number of esters is 1. The number of nitrogens with zero attached hydrogens (tertiary/aromatic N) is 1. The fourth-order valence-electron chi connectivity index (χ4n) is 0.771. The molecule has 0 radical (unpaired) electrons. The quantitative estimate of drug-likeness (QED) is 0.692. The Morgan fingerprint density at radius 1 is 1.67 bits per heavy atom. The van der Waals surface area contributed by atoms with E-state index in [1.165, 1.54) is 0 Å². The standard InChI is InChI=1S/C8H12N2O2/c1-3-6-5-7(10-9-6)12-8(11)4-2/h5H,3-4H2,1-2H3,(H,9,10). The van der Waals surface area contributed by atoms with Gasteiger partial charge in [-0.1, -0.05) is 13.8 Å². The monoisotopic (exact) mass is 168 g/mol. The zero-order valence-electron chi connectivity index (χ0n) is 7.26. The Labute approximate surface area is 70.9 Å². The van der Waals surface area contributed by atoms with Crippen LogP contribution < -0.4 is 4.74 Å². The molecule has 0 aromatic carbocycles. The minimum atomic E-state index is -0.249. The van der Waals surface area contributed by atoms with E-state index in [-0.39, 0.29) is 5.97 Å². The molecular weight excluding hydrogens is 156 g/mol. The lowest BCUT2D eigenvalue weighted by atomic mass is 10.3. The van der Waals surface area contributed by atoms with Crippen molar-refractivity contribution < 1.29 is 9.53 Å². The van der Waals surface area contributed by atoms with Gasteiger partial charge in [-0.15, -0.1) is 0 Å². The lowest BCUT2D eigenvalue weighted by Gasteiger charge is -1.95. The Bertz CT molecular complexity index is 268. The topological polar surface area (TPSA) is 55.0 Å². The van der Waals surface area contributed by atoms with Crippen LogP contribution in [-0.4, -0.2) is 16.2 Å². The molecule has 0 fully saturated rings. The maximum absolute atomic E-state index is 10.8. The summed E-state index contributed by atoms with van der Waals surface area (Å²) in [6.07, 6.45) is 1.21. The van der Waals surface area contributed by atoms with Gasteiger partial charge in [0.05, 0.1) is 5.69 Å². The summed E-state index contributed by atoms with van der Waals surface area (Å²) in [5.74, 6) is 0.181. The first-order valence-corrected chi connectivity index (χ1v) is 4.01. The average molecular weight is 168 g/mol. The highest BCUT2D eigenvalue weighted by molar-refractivity contribution is 5.71. The van der Waals surface area contributed by atoms with Crippen LogP contribution in [0.2, 0.25) is 0 Å². The molecule has 0 aliphatic rings. The minimum Gasteiger partial charge on any atom is -0.408 e. The van der Waals surface area contributed by atoms with Gasteiger partial charge in [-0.25, -0.2) is 5.10 Å². The zero-order valence-corrected chi connectivity index (χ0v) is 7.26. The van der Waals surface area contributed by atoms with Crippen LogP contribution in [0.25, 0.3) is 0 Å². The summed E-state index contributed by atoms with van der Waals surface area (Å²) in [5.41, 5.74) is 0.897. The van der Waals surface area contributed by atoms with E-state index in [4.69, 9.17) is 4.74 Å². The molecule has 66 valence electrons. The van der Waals surface area contributed by atoms with Crippen LogP contribution in [0.5, 0.6) is 5.88 Å². The number of H-pyrrole nitrogens is 1. The maximum Gasteiger partial charge on any atom is 0.312 e. The molecular formula is C8H12N2O2. The highest BCUT2D eigenvalue weighted by atomic mass is 16.5. The predicted octanol–water partition coefficient (Wildman–Crippen LogP) is 1.29. The van der Waals surface area contributed by atoms with Crippen molar-refractivity contribution in [3.05, 3.63) is 11.8 Å². The van der Waals surface area contributed by atoms with Gasteiger partial charge in [-0.2, -0.15) is 5.10 Å². The molecule has 0 spiro atoms. The summed E-state index contributed by atoms with van der Waals surface area (Å²) in [6, 6.07) is 1.73. The van der Waals surface area contributed by atoms with Gasteiger partial charge >= 0.3 is 5.97 Å². The van der Waals surface area contributed by atoms with E-state index in [0.717, 1.165) is 12.1 Å². The van der Waals surface area contributed by atoms with Crippen molar-refractivity contribution in [2.75, 3.05) is 0 Å². The molecule has 1 N–H and O–H groups in total. The summed E-state index contributed by atoms with van der Waals surface area (Å²) in [5, 5.41) is 6.55. The molecule has 0 saturated carbocycles. The molecule has 0 amide bonds. The number of aryl methyl sites for hydroxylation is 1. The molecule has 4 heteroatoms. The molecule has 0 atom stereocenters. The van der Waals surface area contributed by atoms with Crippen LogP contribution in [0.3, 0.4) is 0 Å². The van der Waals surface area contributed by atoms with Crippen LogP contribution in [0.15, 0.2) is 6.07 Å². The van der Waals surface area contributed by atoms with Crippen LogP contribution in [0.1, 0.15) is 26.0 Å². The van der Waals surface area contributed by atoms with Gasteiger partial charge in [-0.3, -0.25) is 4.79 Å². The van der Waals surface area contributed by atoms with Gasteiger partial charge in [0.25, 0.3) is 0 Å². The number of carbonyl (C=O) groups excluding carboxylic acids is 1. The zero-order chi connectivity index (χ0) is 8.97. The van der Waals surface area contributed by atoms with E-state index < -0.39 is 0 Å². The molecule has 1 rings (SSSR count). The normalized spacial score (nSPS) is 9.83. The minimum absolute atomic E-state index is 0.249. The Morgan fingerprint density at radius 2 is 2.42 bits per heavy atom. The largest absolute Gasteiger partial charge is 0.408 e. The Balaban J connectivity index is 2.58. The third kappa shape index (κ3) is 2.08. The number of aromatic amines is 1. The van der Waals surface area contributed by atoms with Crippen molar-refractivity contribution in [1.29, 1.82) is 0 Å². The van der Waals surface area contributed by atoms with Crippen molar-refractivity contribution in [3.63, 3.8) is 0 Å². The van der Waals surface area contributed by atoms with E-state index in [0.29, 0.717) is 12.3 Å². The van der Waals surface area contributed by atoms with E-state index in [1.807, 2.05) is 6.92 Å². The second-order valence-electron chi connectivity index (χ2n) is 2.40. The Morgan fingerprint density at radius 3 is 2.92 bits per heavy atom. The van der Waals surface area contributed by atoms with E-state index in [2.05, 4.69) is 10.2 Å². The molecule has 0 aliphatic heterocycles. The SMILES string of the molecule is CCC(=O)Oc1cc(CC)n[nH]1. The van der Waals surface area contributed by atoms with Crippen molar-refractivity contribution in [1.82, 2.24) is 10.2 Å². The second kappa shape index (κ2) is 3.90. The number of rotatable bonds is 3. The molecule has 12 heavy (non-hydrogen) atoms. The molecule has 0 aliphatic carbocycles. The highest BCUT2D eigenvalue weighted by Gasteiger charge is 2.03. The number of nitrogens with one attached hydrogen (secondary N) is 1. The third-order valence-corrected chi connectivity index (χ3v) is 1.48. The fourth-order valence-corrected chi connectivity index (χ4v) is 0.771. The van der Waals surface area contributed by atoms with Crippen LogP contribution in [0.4, 0.5) is 0 Å². The first kappa shape index (κ1) is 8.77. The first-order chi connectivity index (χ1) is 5.76. The summed E-state index contributed by atoms with van der Waals surface area (Å²) in [4.78, 5) is 10.8. The van der Waals surface area contributed by atoms with Gasteiger partial charge in [0.1, 0.15) is 0 Å². The van der Waals surface area contributed by atoms with Crippen LogP contribution in [0, 0.1) is 0 Å². The van der Waals surface area contributed by atoms with Gasteiger partial charge in [-0.05, 0) is 6.42 Å². The van der Waals surface area contributed by atoms with Crippen molar-refractivity contribution >= 4 is 5.97 Å². The highest BCUT2D eigenvalue weighted by Crippen LogP contribution is 2.08. The summed E-state index contributed by atoms with van der Waals surface area (Å²) in [6.45, 7) is 3.74. The lowest BCUT2D eigenvalue weighted by molar-refractivity contribution is -0.134.